The van der Waals surface area contributed by atoms with E-state index >= 15 is 0 Å². The van der Waals surface area contributed by atoms with Gasteiger partial charge in [-0.15, -0.1) is 0 Å². The van der Waals surface area contributed by atoms with Crippen molar-refractivity contribution < 1.29 is 9.53 Å². The number of carbonyl (C=O) groups excluding carboxylic acids is 1. The SMILES string of the molecule is COC(=O)C1CCCN1Cc1nc(Cl)ccc1Cl. The van der Waals surface area contributed by atoms with E-state index in [0.29, 0.717) is 22.4 Å². The number of aromatic nitrogens is 1. The summed E-state index contributed by atoms with van der Waals surface area (Å²) in [7, 11) is 1.41. The van der Waals surface area contributed by atoms with Gasteiger partial charge in [-0.3, -0.25) is 9.69 Å². The summed E-state index contributed by atoms with van der Waals surface area (Å²) in [6.45, 7) is 1.35. The molecule has 98 valence electrons. The standard InChI is InChI=1S/C12H14Cl2N2O2/c1-18-12(17)10-3-2-6-16(10)7-9-8(13)4-5-11(14)15-9/h4-5,10H,2-3,6-7H2,1H3. The van der Waals surface area contributed by atoms with Gasteiger partial charge in [0, 0.05) is 6.54 Å². The molecule has 0 amide bonds. The summed E-state index contributed by atoms with van der Waals surface area (Å²) in [5.74, 6) is -0.203. The van der Waals surface area contributed by atoms with Crippen molar-refractivity contribution in [2.24, 2.45) is 0 Å². The van der Waals surface area contributed by atoms with Crippen molar-refractivity contribution in [1.29, 1.82) is 0 Å². The molecule has 0 radical (unpaired) electrons. The van der Waals surface area contributed by atoms with Crippen LogP contribution >= 0.6 is 23.2 Å². The molecule has 0 bridgehead atoms. The highest BCUT2D eigenvalue weighted by molar-refractivity contribution is 6.32. The third-order valence-electron chi connectivity index (χ3n) is 3.07. The lowest BCUT2D eigenvalue weighted by Crippen LogP contribution is -2.36. The van der Waals surface area contributed by atoms with Gasteiger partial charge in [-0.05, 0) is 31.5 Å². The zero-order valence-corrected chi connectivity index (χ0v) is 11.5. The largest absolute Gasteiger partial charge is 0.468 e. The highest BCUT2D eigenvalue weighted by atomic mass is 35.5. The molecular formula is C12H14Cl2N2O2. The van der Waals surface area contributed by atoms with E-state index in [1.54, 1.807) is 12.1 Å². The molecule has 0 N–H and O–H groups in total. The summed E-state index contributed by atoms with van der Waals surface area (Å²) in [5.41, 5.74) is 0.694. The van der Waals surface area contributed by atoms with E-state index in [1.807, 2.05) is 4.90 Å². The molecule has 1 saturated heterocycles. The monoisotopic (exact) mass is 288 g/mol. The second-order valence-corrected chi connectivity index (χ2v) is 5.01. The van der Waals surface area contributed by atoms with Crippen LogP contribution in [0.2, 0.25) is 10.2 Å². The molecule has 4 nitrogen and oxygen atoms in total. The highest BCUT2D eigenvalue weighted by Crippen LogP contribution is 2.24. The predicted molar refractivity (Wildman–Crippen MR) is 69.7 cm³/mol. The molecule has 0 aromatic carbocycles. The van der Waals surface area contributed by atoms with E-state index < -0.39 is 0 Å². The number of carbonyl (C=O) groups is 1. The van der Waals surface area contributed by atoms with Gasteiger partial charge in [-0.1, -0.05) is 23.2 Å². The first kappa shape index (κ1) is 13.6. The van der Waals surface area contributed by atoms with Crippen molar-refractivity contribution in [1.82, 2.24) is 9.88 Å². The molecule has 1 aliphatic heterocycles. The van der Waals surface area contributed by atoms with Crippen molar-refractivity contribution in [2.75, 3.05) is 13.7 Å². The molecule has 1 unspecified atom stereocenters. The average Bonchev–Trinajstić information content (AvgIpc) is 2.81. The third kappa shape index (κ3) is 2.94. The normalized spacial score (nSPS) is 20.1. The van der Waals surface area contributed by atoms with Gasteiger partial charge in [-0.25, -0.2) is 4.98 Å². The average molecular weight is 289 g/mol. The Morgan fingerprint density at radius 2 is 2.33 bits per heavy atom. The number of rotatable bonds is 3. The van der Waals surface area contributed by atoms with E-state index in [1.165, 1.54) is 7.11 Å². The fraction of sp³-hybridized carbons (Fsp3) is 0.500. The van der Waals surface area contributed by atoms with E-state index in [4.69, 9.17) is 27.9 Å². The van der Waals surface area contributed by atoms with E-state index in [-0.39, 0.29) is 12.0 Å². The van der Waals surface area contributed by atoms with Crippen LogP contribution in [0.25, 0.3) is 0 Å². The molecule has 0 saturated carbocycles. The minimum absolute atomic E-state index is 0.202. The number of pyridine rings is 1. The van der Waals surface area contributed by atoms with Crippen LogP contribution in [0.4, 0.5) is 0 Å². The zero-order chi connectivity index (χ0) is 13.1. The molecular weight excluding hydrogens is 275 g/mol. The number of halogens is 2. The lowest BCUT2D eigenvalue weighted by atomic mass is 10.2. The predicted octanol–water partition coefficient (Wildman–Crippen LogP) is 2.53. The Morgan fingerprint density at radius 3 is 3.06 bits per heavy atom. The van der Waals surface area contributed by atoms with Gasteiger partial charge in [0.15, 0.2) is 0 Å². The van der Waals surface area contributed by atoms with Crippen LogP contribution in [0.15, 0.2) is 12.1 Å². The van der Waals surface area contributed by atoms with Gasteiger partial charge in [-0.2, -0.15) is 0 Å². The molecule has 0 spiro atoms. The van der Waals surface area contributed by atoms with Gasteiger partial charge >= 0.3 is 5.97 Å². The van der Waals surface area contributed by atoms with Crippen molar-refractivity contribution >= 4 is 29.2 Å². The van der Waals surface area contributed by atoms with Gasteiger partial charge in [0.25, 0.3) is 0 Å². The maximum atomic E-state index is 11.6. The molecule has 0 aliphatic carbocycles. The van der Waals surface area contributed by atoms with Gasteiger partial charge in [0.05, 0.1) is 17.8 Å². The fourth-order valence-electron chi connectivity index (χ4n) is 2.18. The number of hydrogen-bond donors (Lipinski definition) is 0. The lowest BCUT2D eigenvalue weighted by Gasteiger charge is -2.22. The van der Waals surface area contributed by atoms with Crippen molar-refractivity contribution in [3.63, 3.8) is 0 Å². The Labute approximate surface area is 116 Å². The quantitative estimate of drug-likeness (QED) is 0.633. The maximum absolute atomic E-state index is 11.6. The zero-order valence-electron chi connectivity index (χ0n) is 10.0. The first-order valence-electron chi connectivity index (χ1n) is 5.74. The van der Waals surface area contributed by atoms with Crippen LogP contribution < -0.4 is 0 Å². The second-order valence-electron chi connectivity index (χ2n) is 4.21. The number of hydrogen-bond acceptors (Lipinski definition) is 4. The Morgan fingerprint density at radius 1 is 1.56 bits per heavy atom. The third-order valence-corrected chi connectivity index (χ3v) is 3.63. The Balaban J connectivity index is 2.13. The van der Waals surface area contributed by atoms with Crippen molar-refractivity contribution in [3.8, 4) is 0 Å². The summed E-state index contributed by atoms with van der Waals surface area (Å²) in [4.78, 5) is 17.8. The van der Waals surface area contributed by atoms with Crippen molar-refractivity contribution in [3.05, 3.63) is 28.0 Å². The minimum atomic E-state index is -0.203. The number of ether oxygens (including phenoxy) is 1. The molecule has 2 heterocycles. The van der Waals surface area contributed by atoms with Crippen LogP contribution in [0.1, 0.15) is 18.5 Å². The molecule has 1 aromatic heterocycles. The Bertz CT molecular complexity index is 454. The summed E-state index contributed by atoms with van der Waals surface area (Å²) >= 11 is 11.9. The van der Waals surface area contributed by atoms with Gasteiger partial charge in [0.1, 0.15) is 11.2 Å². The number of nitrogens with zero attached hydrogens (tertiary/aromatic N) is 2. The topological polar surface area (TPSA) is 42.4 Å². The number of likely N-dealkylation sites (tertiary alicyclic amines) is 1. The lowest BCUT2D eigenvalue weighted by molar-refractivity contribution is -0.146. The van der Waals surface area contributed by atoms with E-state index in [2.05, 4.69) is 4.98 Å². The summed E-state index contributed by atoms with van der Waals surface area (Å²) in [5, 5.41) is 0.970. The first-order valence-corrected chi connectivity index (χ1v) is 6.50. The van der Waals surface area contributed by atoms with Crippen LogP contribution in [-0.4, -0.2) is 35.5 Å². The molecule has 1 fully saturated rings. The maximum Gasteiger partial charge on any atom is 0.323 e. The first-order chi connectivity index (χ1) is 8.61. The summed E-state index contributed by atoms with van der Waals surface area (Å²) in [6.07, 6.45) is 1.78. The number of methoxy groups -OCH3 is 1. The smallest absolute Gasteiger partial charge is 0.323 e. The summed E-state index contributed by atoms with van der Waals surface area (Å²) in [6, 6.07) is 3.16. The highest BCUT2D eigenvalue weighted by Gasteiger charge is 2.31. The van der Waals surface area contributed by atoms with Crippen molar-refractivity contribution in [2.45, 2.75) is 25.4 Å². The molecule has 1 aliphatic rings. The van der Waals surface area contributed by atoms with Crippen LogP contribution in [0.5, 0.6) is 0 Å². The number of esters is 1. The Kier molecular flexibility index (Phi) is 4.43. The van der Waals surface area contributed by atoms with Crippen LogP contribution in [-0.2, 0) is 16.1 Å². The second kappa shape index (κ2) is 5.87. The van der Waals surface area contributed by atoms with E-state index in [9.17, 15) is 4.79 Å². The Hall–Kier alpha value is -0.840. The molecule has 2 rings (SSSR count). The van der Waals surface area contributed by atoms with Gasteiger partial charge < -0.3 is 4.74 Å². The fourth-order valence-corrected chi connectivity index (χ4v) is 2.51. The molecule has 1 atom stereocenters. The van der Waals surface area contributed by atoms with Crippen LogP contribution in [0, 0.1) is 0 Å². The summed E-state index contributed by atoms with van der Waals surface area (Å²) < 4.78 is 4.80. The molecule has 6 heteroatoms. The minimum Gasteiger partial charge on any atom is -0.468 e. The van der Waals surface area contributed by atoms with Crippen LogP contribution in [0.3, 0.4) is 0 Å². The molecule has 18 heavy (non-hydrogen) atoms. The van der Waals surface area contributed by atoms with E-state index in [0.717, 1.165) is 19.4 Å². The molecule has 1 aromatic rings. The van der Waals surface area contributed by atoms with Gasteiger partial charge in [0.2, 0.25) is 0 Å².